The van der Waals surface area contributed by atoms with E-state index in [1.54, 1.807) is 4.57 Å². The van der Waals surface area contributed by atoms with E-state index in [1.165, 1.54) is 11.3 Å². The number of carbonyl (C=O) groups is 2. The molecular formula is C19H20N4O3S2. The molecule has 2 heterocycles. The summed E-state index contributed by atoms with van der Waals surface area (Å²) in [7, 11) is 0. The van der Waals surface area contributed by atoms with E-state index >= 15 is 0 Å². The van der Waals surface area contributed by atoms with Gasteiger partial charge in [-0.15, -0.1) is 11.3 Å². The van der Waals surface area contributed by atoms with Gasteiger partial charge in [-0.1, -0.05) is 29.5 Å². The average molecular weight is 417 g/mol. The molecule has 3 amide bonds. The molecule has 0 atom stereocenters. The molecule has 0 aliphatic rings. The SMILES string of the molecule is Cc1ccc(-n2c(SCC(=O)NC(N)=O)nc3sc(C)c(C)c3c2=O)c(C)c1. The Kier molecular flexibility index (Phi) is 5.57. The first-order valence-corrected chi connectivity index (χ1v) is 10.3. The molecule has 3 aromatic rings. The number of primary amides is 1. The number of thioether (sulfide) groups is 1. The van der Waals surface area contributed by atoms with Crippen LogP contribution < -0.4 is 16.6 Å². The van der Waals surface area contributed by atoms with Crippen LogP contribution in [-0.4, -0.2) is 27.2 Å². The minimum Gasteiger partial charge on any atom is -0.351 e. The third-order valence-electron chi connectivity index (χ3n) is 4.36. The van der Waals surface area contributed by atoms with Crippen LogP contribution in [-0.2, 0) is 4.79 Å². The molecule has 2 aromatic heterocycles. The average Bonchev–Trinajstić information content (AvgIpc) is 2.88. The van der Waals surface area contributed by atoms with Gasteiger partial charge in [0.05, 0.1) is 16.8 Å². The molecule has 0 aliphatic heterocycles. The van der Waals surface area contributed by atoms with Crippen molar-refractivity contribution in [3.63, 3.8) is 0 Å². The van der Waals surface area contributed by atoms with Crippen LogP contribution in [0.5, 0.6) is 0 Å². The van der Waals surface area contributed by atoms with Crippen LogP contribution in [0.2, 0.25) is 0 Å². The number of urea groups is 1. The van der Waals surface area contributed by atoms with E-state index in [-0.39, 0.29) is 11.3 Å². The summed E-state index contributed by atoms with van der Waals surface area (Å²) in [6.45, 7) is 7.78. The van der Waals surface area contributed by atoms with Crippen LogP contribution in [0.3, 0.4) is 0 Å². The number of benzene rings is 1. The topological polar surface area (TPSA) is 107 Å². The molecule has 0 saturated heterocycles. The molecule has 28 heavy (non-hydrogen) atoms. The molecular weight excluding hydrogens is 396 g/mol. The van der Waals surface area contributed by atoms with Gasteiger partial charge in [-0.2, -0.15) is 0 Å². The van der Waals surface area contributed by atoms with Crippen molar-refractivity contribution in [3.05, 3.63) is 50.1 Å². The molecule has 0 unspecified atom stereocenters. The van der Waals surface area contributed by atoms with E-state index in [9.17, 15) is 14.4 Å². The fourth-order valence-electron chi connectivity index (χ4n) is 2.94. The van der Waals surface area contributed by atoms with Gasteiger partial charge in [0.25, 0.3) is 5.56 Å². The number of aryl methyl sites for hydroxylation is 4. The minimum atomic E-state index is -0.912. The molecule has 7 nitrogen and oxygen atoms in total. The number of fused-ring (bicyclic) bond motifs is 1. The molecule has 9 heteroatoms. The van der Waals surface area contributed by atoms with E-state index in [4.69, 9.17) is 5.73 Å². The lowest BCUT2D eigenvalue weighted by molar-refractivity contribution is -0.117. The van der Waals surface area contributed by atoms with E-state index < -0.39 is 11.9 Å². The smallest absolute Gasteiger partial charge is 0.318 e. The summed E-state index contributed by atoms with van der Waals surface area (Å²) < 4.78 is 1.54. The molecule has 3 N–H and O–H groups in total. The van der Waals surface area contributed by atoms with Crippen LogP contribution in [0.15, 0.2) is 28.2 Å². The number of nitrogens with one attached hydrogen (secondary N) is 1. The van der Waals surface area contributed by atoms with Crippen molar-refractivity contribution in [1.29, 1.82) is 0 Å². The van der Waals surface area contributed by atoms with Gasteiger partial charge in [0.15, 0.2) is 5.16 Å². The quantitative estimate of drug-likeness (QED) is 0.502. The van der Waals surface area contributed by atoms with Gasteiger partial charge >= 0.3 is 6.03 Å². The van der Waals surface area contributed by atoms with Crippen LogP contribution >= 0.6 is 23.1 Å². The summed E-state index contributed by atoms with van der Waals surface area (Å²) in [4.78, 5) is 42.4. The number of nitrogens with two attached hydrogens (primary N) is 1. The Morgan fingerprint density at radius 2 is 1.96 bits per heavy atom. The first kappa shape index (κ1) is 20.1. The summed E-state index contributed by atoms with van der Waals surface area (Å²) >= 11 is 2.54. The lowest BCUT2D eigenvalue weighted by atomic mass is 10.1. The highest BCUT2D eigenvalue weighted by Gasteiger charge is 2.20. The number of hydrogen-bond acceptors (Lipinski definition) is 6. The molecule has 0 saturated carbocycles. The third-order valence-corrected chi connectivity index (χ3v) is 6.40. The first-order chi connectivity index (χ1) is 13.2. The van der Waals surface area contributed by atoms with Gasteiger partial charge in [-0.3, -0.25) is 19.5 Å². The zero-order chi connectivity index (χ0) is 20.6. The second-order valence-corrected chi connectivity index (χ2v) is 8.64. The van der Waals surface area contributed by atoms with Gasteiger partial charge in [-0.25, -0.2) is 9.78 Å². The molecule has 3 rings (SSSR count). The Bertz CT molecular complexity index is 1160. The highest BCUT2D eigenvalue weighted by molar-refractivity contribution is 7.99. The van der Waals surface area contributed by atoms with Crippen molar-refractivity contribution in [3.8, 4) is 5.69 Å². The van der Waals surface area contributed by atoms with E-state index in [2.05, 4.69) is 4.98 Å². The Morgan fingerprint density at radius 3 is 2.61 bits per heavy atom. The number of carbonyl (C=O) groups excluding carboxylic acids is 2. The zero-order valence-corrected chi connectivity index (χ0v) is 17.6. The Hall–Kier alpha value is -2.65. The monoisotopic (exact) mass is 416 g/mol. The standard InChI is InChI=1S/C19H20N4O3S2/c1-9-5-6-13(10(2)7-9)23-17(25)15-11(3)12(4)28-16(15)22-19(23)27-8-14(24)21-18(20)26/h5-7H,8H2,1-4H3,(H3,20,21,24,26). The molecule has 0 radical (unpaired) electrons. The van der Waals surface area contributed by atoms with Crippen LogP contribution in [0, 0.1) is 27.7 Å². The van der Waals surface area contributed by atoms with Crippen LogP contribution in [0.4, 0.5) is 4.79 Å². The number of nitrogens with zero attached hydrogens (tertiary/aromatic N) is 2. The summed E-state index contributed by atoms with van der Waals surface area (Å²) in [5, 5.41) is 3.01. The molecule has 146 valence electrons. The van der Waals surface area contributed by atoms with Crippen LogP contribution in [0.25, 0.3) is 15.9 Å². The van der Waals surface area contributed by atoms with Gasteiger partial charge < -0.3 is 5.73 Å². The molecule has 0 fully saturated rings. The van der Waals surface area contributed by atoms with E-state index in [1.807, 2.05) is 51.2 Å². The Labute approximate surface area is 170 Å². The number of thiophene rings is 1. The number of aromatic nitrogens is 2. The van der Waals surface area contributed by atoms with Crippen molar-refractivity contribution in [2.24, 2.45) is 5.73 Å². The maximum Gasteiger partial charge on any atom is 0.318 e. The lowest BCUT2D eigenvalue weighted by Gasteiger charge is -2.14. The number of imide groups is 1. The number of hydrogen-bond donors (Lipinski definition) is 2. The summed E-state index contributed by atoms with van der Waals surface area (Å²) in [5.41, 5.74) is 8.46. The normalized spacial score (nSPS) is 11.0. The highest BCUT2D eigenvalue weighted by Crippen LogP contribution is 2.30. The fourth-order valence-corrected chi connectivity index (χ4v) is 4.82. The van der Waals surface area contributed by atoms with Gasteiger partial charge in [0.2, 0.25) is 5.91 Å². The zero-order valence-electron chi connectivity index (χ0n) is 16.0. The summed E-state index contributed by atoms with van der Waals surface area (Å²) in [6, 6.07) is 4.89. The molecule has 1 aromatic carbocycles. The third kappa shape index (κ3) is 3.81. The minimum absolute atomic E-state index is 0.0882. The van der Waals surface area contributed by atoms with Gasteiger partial charge in [0, 0.05) is 4.88 Å². The number of rotatable bonds is 4. The highest BCUT2D eigenvalue weighted by atomic mass is 32.2. The Balaban J connectivity index is 2.19. The number of amides is 3. The molecule has 0 aliphatic carbocycles. The van der Waals surface area contributed by atoms with Crippen molar-refractivity contribution < 1.29 is 9.59 Å². The van der Waals surface area contributed by atoms with Gasteiger partial charge in [0.1, 0.15) is 4.83 Å². The molecule has 0 bridgehead atoms. The first-order valence-electron chi connectivity index (χ1n) is 8.51. The van der Waals surface area contributed by atoms with Gasteiger partial charge in [-0.05, 0) is 44.9 Å². The Morgan fingerprint density at radius 1 is 1.25 bits per heavy atom. The molecule has 0 spiro atoms. The maximum atomic E-state index is 13.4. The van der Waals surface area contributed by atoms with Crippen molar-refractivity contribution in [1.82, 2.24) is 14.9 Å². The van der Waals surface area contributed by atoms with Crippen molar-refractivity contribution >= 4 is 45.3 Å². The van der Waals surface area contributed by atoms with E-state index in [0.29, 0.717) is 21.1 Å². The summed E-state index contributed by atoms with van der Waals surface area (Å²) in [6.07, 6.45) is 0. The lowest BCUT2D eigenvalue weighted by Crippen LogP contribution is -2.36. The van der Waals surface area contributed by atoms with Crippen molar-refractivity contribution in [2.45, 2.75) is 32.9 Å². The van der Waals surface area contributed by atoms with Crippen LogP contribution in [0.1, 0.15) is 21.6 Å². The van der Waals surface area contributed by atoms with Crippen molar-refractivity contribution in [2.75, 3.05) is 5.75 Å². The van der Waals surface area contributed by atoms with E-state index in [0.717, 1.165) is 33.3 Å². The predicted octanol–water partition coefficient (Wildman–Crippen LogP) is 2.97. The largest absolute Gasteiger partial charge is 0.351 e. The second kappa shape index (κ2) is 7.76. The maximum absolute atomic E-state index is 13.4. The fraction of sp³-hybridized carbons (Fsp3) is 0.263. The predicted molar refractivity (Wildman–Crippen MR) is 113 cm³/mol. The second-order valence-electron chi connectivity index (χ2n) is 6.49. The summed E-state index contributed by atoms with van der Waals surface area (Å²) in [5.74, 6) is -0.632.